The van der Waals surface area contributed by atoms with Gasteiger partial charge in [-0.15, -0.1) is 0 Å². The predicted molar refractivity (Wildman–Crippen MR) is 88.6 cm³/mol. The summed E-state index contributed by atoms with van der Waals surface area (Å²) in [7, 11) is 0. The molecule has 6 heteroatoms. The van der Waals surface area contributed by atoms with Crippen LogP contribution in [0.4, 0.5) is 0 Å². The molecule has 0 aromatic heterocycles. The van der Waals surface area contributed by atoms with Gasteiger partial charge in [0.1, 0.15) is 5.75 Å². The van der Waals surface area contributed by atoms with Crippen LogP contribution < -0.4 is 15.8 Å². The molecule has 0 radical (unpaired) electrons. The number of amides is 2. The number of halogens is 1. The van der Waals surface area contributed by atoms with Crippen molar-refractivity contribution in [3.8, 4) is 5.75 Å². The van der Waals surface area contributed by atoms with Crippen LogP contribution in [0.1, 0.15) is 15.9 Å². The number of nitrogens with one attached hydrogen (secondary N) is 1. The summed E-state index contributed by atoms with van der Waals surface area (Å²) in [5, 5.41) is 3.13. The molecule has 0 saturated carbocycles. The SMILES string of the molecule is NC(=O)c1cc(Cl)ccc1OCC(=O)NCCc1ccccc1. The summed E-state index contributed by atoms with van der Waals surface area (Å²) in [5.41, 5.74) is 6.55. The number of hydrogen-bond donors (Lipinski definition) is 2. The van der Waals surface area contributed by atoms with Crippen molar-refractivity contribution in [2.45, 2.75) is 6.42 Å². The minimum Gasteiger partial charge on any atom is -0.483 e. The molecule has 0 aliphatic heterocycles. The Morgan fingerprint density at radius 1 is 1.13 bits per heavy atom. The van der Waals surface area contributed by atoms with Gasteiger partial charge >= 0.3 is 0 Å². The molecule has 0 heterocycles. The lowest BCUT2D eigenvalue weighted by Crippen LogP contribution is -2.31. The number of carbonyl (C=O) groups excluding carboxylic acids is 2. The molecule has 2 rings (SSSR count). The zero-order chi connectivity index (χ0) is 16.7. The van der Waals surface area contributed by atoms with E-state index >= 15 is 0 Å². The summed E-state index contributed by atoms with van der Waals surface area (Å²) < 4.78 is 5.35. The van der Waals surface area contributed by atoms with Crippen LogP contribution in [-0.4, -0.2) is 25.0 Å². The van der Waals surface area contributed by atoms with E-state index in [4.69, 9.17) is 22.1 Å². The molecule has 0 atom stereocenters. The van der Waals surface area contributed by atoms with Gasteiger partial charge in [-0.25, -0.2) is 0 Å². The van der Waals surface area contributed by atoms with Gasteiger partial charge < -0.3 is 15.8 Å². The van der Waals surface area contributed by atoms with Crippen LogP contribution in [0.2, 0.25) is 5.02 Å². The van der Waals surface area contributed by atoms with Crippen molar-refractivity contribution in [1.82, 2.24) is 5.32 Å². The van der Waals surface area contributed by atoms with E-state index in [9.17, 15) is 9.59 Å². The monoisotopic (exact) mass is 332 g/mol. The number of nitrogens with two attached hydrogens (primary N) is 1. The third-order valence-corrected chi connectivity index (χ3v) is 3.38. The van der Waals surface area contributed by atoms with Crippen LogP contribution >= 0.6 is 11.6 Å². The first-order valence-corrected chi connectivity index (χ1v) is 7.47. The van der Waals surface area contributed by atoms with E-state index in [1.807, 2.05) is 30.3 Å². The van der Waals surface area contributed by atoms with Crippen LogP contribution in [0.5, 0.6) is 5.75 Å². The molecule has 2 aromatic carbocycles. The van der Waals surface area contributed by atoms with Crippen molar-refractivity contribution in [3.05, 3.63) is 64.7 Å². The smallest absolute Gasteiger partial charge is 0.257 e. The highest BCUT2D eigenvalue weighted by Gasteiger charge is 2.11. The van der Waals surface area contributed by atoms with Gasteiger partial charge in [0.25, 0.3) is 11.8 Å². The first-order chi connectivity index (χ1) is 11.1. The molecule has 0 spiro atoms. The molecule has 3 N–H and O–H groups in total. The quantitative estimate of drug-likeness (QED) is 0.815. The first-order valence-electron chi connectivity index (χ1n) is 7.09. The van der Waals surface area contributed by atoms with Crippen molar-refractivity contribution >= 4 is 23.4 Å². The molecule has 0 bridgehead atoms. The Morgan fingerprint density at radius 3 is 2.57 bits per heavy atom. The number of hydrogen-bond acceptors (Lipinski definition) is 3. The summed E-state index contributed by atoms with van der Waals surface area (Å²) in [6.07, 6.45) is 0.736. The van der Waals surface area contributed by atoms with Gasteiger partial charge in [0.2, 0.25) is 0 Å². The van der Waals surface area contributed by atoms with Crippen LogP contribution in [0.3, 0.4) is 0 Å². The predicted octanol–water partition coefficient (Wildman–Crippen LogP) is 2.18. The number of carbonyl (C=O) groups is 2. The lowest BCUT2D eigenvalue weighted by molar-refractivity contribution is -0.123. The fourth-order valence-electron chi connectivity index (χ4n) is 2.01. The van der Waals surface area contributed by atoms with E-state index in [2.05, 4.69) is 5.32 Å². The molecule has 23 heavy (non-hydrogen) atoms. The summed E-state index contributed by atoms with van der Waals surface area (Å²) in [6, 6.07) is 14.3. The largest absolute Gasteiger partial charge is 0.483 e. The van der Waals surface area contributed by atoms with Gasteiger partial charge in [0.15, 0.2) is 6.61 Å². The maximum Gasteiger partial charge on any atom is 0.257 e. The Balaban J connectivity index is 1.81. The van der Waals surface area contributed by atoms with Gasteiger partial charge in [0.05, 0.1) is 5.56 Å². The van der Waals surface area contributed by atoms with Gasteiger partial charge in [0, 0.05) is 11.6 Å². The fraction of sp³-hybridized carbons (Fsp3) is 0.176. The van der Waals surface area contributed by atoms with Crippen LogP contribution in [-0.2, 0) is 11.2 Å². The van der Waals surface area contributed by atoms with E-state index < -0.39 is 5.91 Å². The normalized spacial score (nSPS) is 10.1. The Hall–Kier alpha value is -2.53. The maximum absolute atomic E-state index is 11.8. The lowest BCUT2D eigenvalue weighted by atomic mass is 10.1. The summed E-state index contributed by atoms with van der Waals surface area (Å²) in [6.45, 7) is 0.312. The van der Waals surface area contributed by atoms with Gasteiger partial charge in [-0.3, -0.25) is 9.59 Å². The van der Waals surface area contributed by atoms with Crippen molar-refractivity contribution in [2.24, 2.45) is 5.73 Å². The second-order valence-electron chi connectivity index (χ2n) is 4.88. The Morgan fingerprint density at radius 2 is 1.87 bits per heavy atom. The Labute approximate surface area is 139 Å². The molecule has 0 unspecified atom stereocenters. The number of rotatable bonds is 7. The number of ether oxygens (including phenoxy) is 1. The molecule has 120 valence electrons. The third kappa shape index (κ3) is 5.30. The van der Waals surface area contributed by atoms with Crippen molar-refractivity contribution < 1.29 is 14.3 Å². The first kappa shape index (κ1) is 16.8. The molecule has 5 nitrogen and oxygen atoms in total. The topological polar surface area (TPSA) is 81.4 Å². The highest BCUT2D eigenvalue weighted by molar-refractivity contribution is 6.31. The van der Waals surface area contributed by atoms with Crippen LogP contribution in [0, 0.1) is 0 Å². The third-order valence-electron chi connectivity index (χ3n) is 3.14. The average molecular weight is 333 g/mol. The molecule has 0 aliphatic rings. The van der Waals surface area contributed by atoms with E-state index in [1.165, 1.54) is 12.1 Å². The Bertz CT molecular complexity index is 689. The fourth-order valence-corrected chi connectivity index (χ4v) is 2.18. The summed E-state index contributed by atoms with van der Waals surface area (Å²) >= 11 is 5.81. The average Bonchev–Trinajstić information content (AvgIpc) is 2.54. The van der Waals surface area contributed by atoms with E-state index in [0.29, 0.717) is 11.6 Å². The van der Waals surface area contributed by atoms with E-state index in [1.54, 1.807) is 6.07 Å². The van der Waals surface area contributed by atoms with Gasteiger partial charge in [-0.05, 0) is 30.2 Å². The van der Waals surface area contributed by atoms with Crippen molar-refractivity contribution in [2.75, 3.05) is 13.2 Å². The minimum atomic E-state index is -0.660. The number of benzene rings is 2. The minimum absolute atomic E-state index is 0.148. The summed E-state index contributed by atoms with van der Waals surface area (Å²) in [5.74, 6) is -0.696. The molecule has 2 amide bonds. The lowest BCUT2D eigenvalue weighted by Gasteiger charge is -2.10. The highest BCUT2D eigenvalue weighted by atomic mass is 35.5. The summed E-state index contributed by atoms with van der Waals surface area (Å²) in [4.78, 5) is 23.1. The van der Waals surface area contributed by atoms with Crippen molar-refractivity contribution in [1.29, 1.82) is 0 Å². The van der Waals surface area contributed by atoms with E-state index in [-0.39, 0.29) is 23.8 Å². The second kappa shape index (κ2) is 8.19. The van der Waals surface area contributed by atoms with E-state index in [0.717, 1.165) is 12.0 Å². The highest BCUT2D eigenvalue weighted by Crippen LogP contribution is 2.22. The second-order valence-corrected chi connectivity index (χ2v) is 5.32. The molecule has 0 saturated heterocycles. The number of primary amides is 1. The molecule has 2 aromatic rings. The zero-order valence-corrected chi connectivity index (χ0v) is 13.2. The van der Waals surface area contributed by atoms with Crippen LogP contribution in [0.15, 0.2) is 48.5 Å². The zero-order valence-electron chi connectivity index (χ0n) is 12.4. The maximum atomic E-state index is 11.8. The van der Waals surface area contributed by atoms with Gasteiger partial charge in [-0.1, -0.05) is 41.9 Å². The molecule has 0 fully saturated rings. The van der Waals surface area contributed by atoms with Crippen molar-refractivity contribution in [3.63, 3.8) is 0 Å². The van der Waals surface area contributed by atoms with Crippen LogP contribution in [0.25, 0.3) is 0 Å². The Kier molecular flexibility index (Phi) is 6.00. The standard InChI is InChI=1S/C17H17ClN2O3/c18-13-6-7-15(14(10-13)17(19)22)23-11-16(21)20-9-8-12-4-2-1-3-5-12/h1-7,10H,8-9,11H2,(H2,19,22)(H,20,21). The molecular weight excluding hydrogens is 316 g/mol. The molecular formula is C17H17ClN2O3. The van der Waals surface area contributed by atoms with Gasteiger partial charge in [-0.2, -0.15) is 0 Å². The molecule has 0 aliphatic carbocycles.